The Morgan fingerprint density at radius 1 is 1.20 bits per heavy atom. The number of fused-ring (bicyclic) bond motifs is 1. The van der Waals surface area contributed by atoms with Crippen LogP contribution in [0.1, 0.15) is 17.3 Å². The number of hydrogen-bond acceptors (Lipinski definition) is 6. The summed E-state index contributed by atoms with van der Waals surface area (Å²) < 4.78 is 10.3. The van der Waals surface area contributed by atoms with Crippen LogP contribution in [0.5, 0.6) is 5.75 Å². The van der Waals surface area contributed by atoms with Crippen molar-refractivity contribution in [2.24, 2.45) is 0 Å². The lowest BCUT2D eigenvalue weighted by atomic mass is 10.1. The highest BCUT2D eigenvalue weighted by Crippen LogP contribution is 2.26. The average molecular weight is 360 g/mol. The highest BCUT2D eigenvalue weighted by molar-refractivity contribution is 5.97. The summed E-state index contributed by atoms with van der Waals surface area (Å²) >= 11 is 0. The number of carbonyl (C=O) groups is 1. The predicted octanol–water partition coefficient (Wildman–Crippen LogP) is 3.98. The summed E-state index contributed by atoms with van der Waals surface area (Å²) in [5, 5.41) is 3.87. The number of nitrogens with one attached hydrogen (secondary N) is 1. The number of hydrogen-bond donors (Lipinski definition) is 1. The smallest absolute Gasteiger partial charge is 0.341 e. The zero-order valence-corrected chi connectivity index (χ0v) is 14.7. The molecule has 3 rings (SSSR count). The lowest BCUT2D eigenvalue weighted by Crippen LogP contribution is -2.07. The van der Waals surface area contributed by atoms with Crippen LogP contribution in [0.2, 0.25) is 0 Å². The zero-order valence-electron chi connectivity index (χ0n) is 13.9. The Morgan fingerprint density at radius 3 is 2.64 bits per heavy atom. The van der Waals surface area contributed by atoms with Crippen molar-refractivity contribution in [1.29, 1.82) is 0 Å². The van der Waals surface area contributed by atoms with Crippen LogP contribution in [0, 0.1) is 0 Å². The van der Waals surface area contributed by atoms with E-state index in [1.54, 1.807) is 25.3 Å². The fourth-order valence-electron chi connectivity index (χ4n) is 2.31. The number of para-hydroxylation sites is 1. The first-order chi connectivity index (χ1) is 11.7. The number of carbonyl (C=O) groups excluding carboxylic acids is 1. The third kappa shape index (κ3) is 4.16. The van der Waals surface area contributed by atoms with E-state index in [0.29, 0.717) is 29.4 Å². The SMILES string of the molecule is CCOC(=O)c1cc2cnc(Nc3ccccc3)nc2cc1OC.Cl. The maximum Gasteiger partial charge on any atom is 0.341 e. The van der Waals surface area contributed by atoms with E-state index in [0.717, 1.165) is 11.1 Å². The Bertz CT molecular complexity index is 872. The van der Waals surface area contributed by atoms with Crippen molar-refractivity contribution in [3.05, 3.63) is 54.2 Å². The number of nitrogens with zero attached hydrogens (tertiary/aromatic N) is 2. The minimum atomic E-state index is -0.428. The first-order valence-corrected chi connectivity index (χ1v) is 7.55. The van der Waals surface area contributed by atoms with Crippen LogP contribution < -0.4 is 10.1 Å². The maximum absolute atomic E-state index is 12.0. The van der Waals surface area contributed by atoms with E-state index >= 15 is 0 Å². The predicted molar refractivity (Wildman–Crippen MR) is 99.0 cm³/mol. The first-order valence-electron chi connectivity index (χ1n) is 7.55. The highest BCUT2D eigenvalue weighted by Gasteiger charge is 2.15. The summed E-state index contributed by atoms with van der Waals surface area (Å²) in [5.41, 5.74) is 1.93. The second-order valence-corrected chi connectivity index (χ2v) is 5.02. The lowest BCUT2D eigenvalue weighted by molar-refractivity contribution is 0.0523. The minimum Gasteiger partial charge on any atom is -0.496 e. The maximum atomic E-state index is 12.0. The monoisotopic (exact) mass is 359 g/mol. The fourth-order valence-corrected chi connectivity index (χ4v) is 2.31. The van der Waals surface area contributed by atoms with Gasteiger partial charge in [0.05, 0.1) is 19.2 Å². The molecule has 0 amide bonds. The first kappa shape index (κ1) is 18.5. The standard InChI is InChI=1S/C18H17N3O3.ClH/c1-3-24-17(22)14-9-12-11-19-18(20-13-7-5-4-6-8-13)21-15(12)10-16(14)23-2;/h4-11H,3H2,1-2H3,(H,19,20,21);1H. The lowest BCUT2D eigenvalue weighted by Gasteiger charge is -2.10. The molecule has 1 aromatic heterocycles. The van der Waals surface area contributed by atoms with Gasteiger partial charge >= 0.3 is 5.97 Å². The van der Waals surface area contributed by atoms with Crippen LogP contribution in [0.3, 0.4) is 0 Å². The molecule has 3 aromatic rings. The van der Waals surface area contributed by atoms with E-state index in [1.165, 1.54) is 7.11 Å². The van der Waals surface area contributed by atoms with Crippen molar-refractivity contribution in [2.75, 3.05) is 19.0 Å². The number of aromatic nitrogens is 2. The van der Waals surface area contributed by atoms with E-state index in [4.69, 9.17) is 9.47 Å². The molecule has 0 saturated carbocycles. The molecular weight excluding hydrogens is 342 g/mol. The summed E-state index contributed by atoms with van der Waals surface area (Å²) in [7, 11) is 1.51. The topological polar surface area (TPSA) is 73.3 Å². The van der Waals surface area contributed by atoms with Gasteiger partial charge in [0.15, 0.2) is 0 Å². The molecule has 0 bridgehead atoms. The van der Waals surface area contributed by atoms with Gasteiger partial charge in [-0.1, -0.05) is 18.2 Å². The third-order valence-electron chi connectivity index (χ3n) is 3.43. The van der Waals surface area contributed by atoms with Crippen LogP contribution in [-0.2, 0) is 4.74 Å². The number of halogens is 1. The van der Waals surface area contributed by atoms with Gasteiger partial charge in [-0.25, -0.2) is 14.8 Å². The Balaban J connectivity index is 0.00000225. The summed E-state index contributed by atoms with van der Waals surface area (Å²) in [6, 6.07) is 13.0. The van der Waals surface area contributed by atoms with Crippen LogP contribution in [0.4, 0.5) is 11.6 Å². The number of ether oxygens (including phenoxy) is 2. The minimum absolute atomic E-state index is 0. The highest BCUT2D eigenvalue weighted by atomic mass is 35.5. The van der Waals surface area contributed by atoms with Crippen LogP contribution in [0.15, 0.2) is 48.7 Å². The Hall–Kier alpha value is -2.86. The molecule has 0 aliphatic heterocycles. The normalized spacial score (nSPS) is 10.0. The number of benzene rings is 2. The third-order valence-corrected chi connectivity index (χ3v) is 3.43. The van der Waals surface area contributed by atoms with Gasteiger partial charge in [-0.2, -0.15) is 0 Å². The van der Waals surface area contributed by atoms with Crippen LogP contribution in [-0.4, -0.2) is 29.7 Å². The molecule has 0 unspecified atom stereocenters. The molecule has 1 heterocycles. The van der Waals surface area contributed by atoms with Crippen LogP contribution in [0.25, 0.3) is 10.9 Å². The molecule has 2 aromatic carbocycles. The van der Waals surface area contributed by atoms with Crippen LogP contribution >= 0.6 is 12.4 Å². The molecule has 0 spiro atoms. The molecule has 0 radical (unpaired) electrons. The van der Waals surface area contributed by atoms with Gasteiger partial charge in [0.2, 0.25) is 5.95 Å². The Labute approximate surface area is 151 Å². The van der Waals surface area contributed by atoms with E-state index < -0.39 is 5.97 Å². The van der Waals surface area contributed by atoms with Crippen molar-refractivity contribution in [2.45, 2.75) is 6.92 Å². The number of rotatable bonds is 5. The van der Waals surface area contributed by atoms with E-state index in [2.05, 4.69) is 15.3 Å². The number of anilines is 2. The second-order valence-electron chi connectivity index (χ2n) is 5.02. The molecule has 0 aliphatic rings. The molecule has 0 saturated heterocycles. The average Bonchev–Trinajstić information content (AvgIpc) is 2.61. The van der Waals surface area contributed by atoms with Gasteiger partial charge in [0.1, 0.15) is 11.3 Å². The molecule has 0 fully saturated rings. The van der Waals surface area contributed by atoms with Gasteiger partial charge in [-0.05, 0) is 25.1 Å². The molecule has 25 heavy (non-hydrogen) atoms. The van der Waals surface area contributed by atoms with E-state index in [1.807, 2.05) is 30.3 Å². The largest absolute Gasteiger partial charge is 0.496 e. The molecular formula is C18H18ClN3O3. The molecule has 0 atom stereocenters. The summed E-state index contributed by atoms with van der Waals surface area (Å²) in [6.07, 6.45) is 1.66. The second kappa shape index (κ2) is 8.30. The van der Waals surface area contributed by atoms with E-state index in [-0.39, 0.29) is 12.4 Å². The van der Waals surface area contributed by atoms with Crippen molar-refractivity contribution in [1.82, 2.24) is 9.97 Å². The fraction of sp³-hybridized carbons (Fsp3) is 0.167. The molecule has 1 N–H and O–H groups in total. The van der Waals surface area contributed by atoms with Crippen molar-refractivity contribution < 1.29 is 14.3 Å². The molecule has 7 heteroatoms. The van der Waals surface area contributed by atoms with Gasteiger partial charge < -0.3 is 14.8 Å². The molecule has 6 nitrogen and oxygen atoms in total. The van der Waals surface area contributed by atoms with Crippen molar-refractivity contribution >= 4 is 40.9 Å². The Morgan fingerprint density at radius 2 is 1.96 bits per heavy atom. The van der Waals surface area contributed by atoms with Gasteiger partial charge in [-0.15, -0.1) is 12.4 Å². The molecule has 0 aliphatic carbocycles. The van der Waals surface area contributed by atoms with E-state index in [9.17, 15) is 4.79 Å². The van der Waals surface area contributed by atoms with Gasteiger partial charge in [0.25, 0.3) is 0 Å². The van der Waals surface area contributed by atoms with Crippen molar-refractivity contribution in [3.8, 4) is 5.75 Å². The quantitative estimate of drug-likeness (QED) is 0.694. The summed E-state index contributed by atoms with van der Waals surface area (Å²) in [4.78, 5) is 20.8. The van der Waals surface area contributed by atoms with Crippen molar-refractivity contribution in [3.63, 3.8) is 0 Å². The number of esters is 1. The summed E-state index contributed by atoms with van der Waals surface area (Å²) in [6.45, 7) is 2.06. The molecule has 130 valence electrons. The Kier molecular flexibility index (Phi) is 6.14. The van der Waals surface area contributed by atoms with Gasteiger partial charge in [-0.3, -0.25) is 0 Å². The zero-order chi connectivity index (χ0) is 16.9. The van der Waals surface area contributed by atoms with Gasteiger partial charge in [0, 0.05) is 23.3 Å². The number of methoxy groups -OCH3 is 1. The summed E-state index contributed by atoms with van der Waals surface area (Å²) in [5.74, 6) is 0.465.